The van der Waals surface area contributed by atoms with Crippen molar-refractivity contribution in [2.75, 3.05) is 11.9 Å². The molecule has 0 aliphatic carbocycles. The van der Waals surface area contributed by atoms with Crippen molar-refractivity contribution < 1.29 is 0 Å². The van der Waals surface area contributed by atoms with Gasteiger partial charge in [-0.2, -0.15) is 5.10 Å². The summed E-state index contributed by atoms with van der Waals surface area (Å²) >= 11 is 8.05. The lowest BCUT2D eigenvalue weighted by atomic mass is 10.3. The molecule has 5 heteroatoms. The normalized spacial score (nSPS) is 10.4. The number of anilines is 1. The highest BCUT2D eigenvalue weighted by Crippen LogP contribution is 2.13. The molecule has 0 atom stereocenters. The Balaban J connectivity index is 1.82. The molecule has 3 nitrogen and oxygen atoms in total. The van der Waals surface area contributed by atoms with Gasteiger partial charge in [0, 0.05) is 23.5 Å². The van der Waals surface area contributed by atoms with Gasteiger partial charge in [-0.25, -0.2) is 0 Å². The van der Waals surface area contributed by atoms with Crippen molar-refractivity contribution in [2.24, 2.45) is 0 Å². The van der Waals surface area contributed by atoms with E-state index in [1.54, 1.807) is 0 Å². The summed E-state index contributed by atoms with van der Waals surface area (Å²) in [6.45, 7) is 1.70. The minimum atomic E-state index is 0.757. The Hall–Kier alpha value is -0.750. The second kappa shape index (κ2) is 5.54. The highest BCUT2D eigenvalue weighted by atomic mass is 127. The quantitative estimate of drug-likeness (QED) is 0.861. The second-order valence-corrected chi connectivity index (χ2v) is 5.04. The van der Waals surface area contributed by atoms with Crippen LogP contribution in [0.3, 0.4) is 0 Å². The lowest BCUT2D eigenvalue weighted by Crippen LogP contribution is -2.10. The van der Waals surface area contributed by atoms with Gasteiger partial charge in [-0.3, -0.25) is 4.68 Å². The van der Waals surface area contributed by atoms with Crippen molar-refractivity contribution in [2.45, 2.75) is 6.54 Å². The number of benzene rings is 1. The van der Waals surface area contributed by atoms with Gasteiger partial charge in [0.25, 0.3) is 0 Å². The van der Waals surface area contributed by atoms with Gasteiger partial charge in [0.1, 0.15) is 0 Å². The van der Waals surface area contributed by atoms with E-state index in [1.807, 2.05) is 41.3 Å². The predicted molar refractivity (Wildman–Crippen MR) is 74.9 cm³/mol. The van der Waals surface area contributed by atoms with Crippen molar-refractivity contribution in [1.82, 2.24) is 9.78 Å². The van der Waals surface area contributed by atoms with E-state index >= 15 is 0 Å². The van der Waals surface area contributed by atoms with E-state index < -0.39 is 0 Å². The molecule has 2 rings (SSSR count). The van der Waals surface area contributed by atoms with Crippen LogP contribution in [0, 0.1) is 3.57 Å². The van der Waals surface area contributed by atoms with Gasteiger partial charge in [0.05, 0.1) is 16.3 Å². The molecule has 0 saturated carbocycles. The van der Waals surface area contributed by atoms with Crippen LogP contribution < -0.4 is 5.32 Å². The third kappa shape index (κ3) is 3.38. The molecule has 0 fully saturated rings. The Kier molecular flexibility index (Phi) is 4.06. The third-order valence-corrected chi connectivity index (χ3v) is 2.93. The Bertz CT molecular complexity index is 453. The molecule has 1 heterocycles. The van der Waals surface area contributed by atoms with Gasteiger partial charge in [-0.1, -0.05) is 11.6 Å². The first kappa shape index (κ1) is 11.7. The predicted octanol–water partition coefficient (Wildman–Crippen LogP) is 3.25. The summed E-state index contributed by atoms with van der Waals surface area (Å²) in [6.07, 6.45) is 3.87. The Morgan fingerprint density at radius 3 is 2.69 bits per heavy atom. The van der Waals surface area contributed by atoms with E-state index in [4.69, 9.17) is 11.6 Å². The van der Waals surface area contributed by atoms with Crippen LogP contribution in [0.1, 0.15) is 0 Å². The summed E-state index contributed by atoms with van der Waals surface area (Å²) in [5, 5.41) is 8.27. The zero-order valence-corrected chi connectivity index (χ0v) is 11.4. The van der Waals surface area contributed by atoms with Gasteiger partial charge in [0.15, 0.2) is 0 Å². The van der Waals surface area contributed by atoms with E-state index in [2.05, 4.69) is 33.0 Å². The minimum absolute atomic E-state index is 0.757. The molecule has 1 aromatic heterocycles. The fourth-order valence-corrected chi connectivity index (χ4v) is 1.92. The summed E-state index contributed by atoms with van der Waals surface area (Å²) in [5.41, 5.74) is 1.08. The fourth-order valence-electron chi connectivity index (χ4n) is 1.34. The average Bonchev–Trinajstić information content (AvgIpc) is 2.67. The maximum atomic E-state index is 5.80. The van der Waals surface area contributed by atoms with Gasteiger partial charge in [-0.15, -0.1) is 0 Å². The van der Waals surface area contributed by atoms with Crippen LogP contribution in [0.2, 0.25) is 5.02 Å². The molecular weight excluding hydrogens is 336 g/mol. The molecule has 84 valence electrons. The van der Waals surface area contributed by atoms with Crippen LogP contribution in [0.25, 0.3) is 0 Å². The number of rotatable bonds is 4. The molecule has 0 spiro atoms. The molecule has 1 N–H and O–H groups in total. The van der Waals surface area contributed by atoms with Crippen molar-refractivity contribution in [3.63, 3.8) is 0 Å². The first-order valence-electron chi connectivity index (χ1n) is 4.91. The smallest absolute Gasteiger partial charge is 0.0623 e. The van der Waals surface area contributed by atoms with Gasteiger partial charge in [-0.05, 0) is 46.9 Å². The van der Waals surface area contributed by atoms with Gasteiger partial charge >= 0.3 is 0 Å². The van der Waals surface area contributed by atoms with E-state index in [9.17, 15) is 0 Å². The molecule has 0 radical (unpaired) electrons. The van der Waals surface area contributed by atoms with Gasteiger partial charge < -0.3 is 5.32 Å². The molecule has 0 bridgehead atoms. The summed E-state index contributed by atoms with van der Waals surface area (Å²) < 4.78 is 3.08. The van der Waals surface area contributed by atoms with Crippen molar-refractivity contribution in [3.05, 3.63) is 45.3 Å². The van der Waals surface area contributed by atoms with Crippen LogP contribution in [0.5, 0.6) is 0 Å². The zero-order valence-electron chi connectivity index (χ0n) is 8.53. The molecule has 1 aromatic carbocycles. The fraction of sp³-hybridized carbons (Fsp3) is 0.182. The Morgan fingerprint density at radius 2 is 2.06 bits per heavy atom. The number of nitrogens with one attached hydrogen (secondary N) is 1. The second-order valence-electron chi connectivity index (χ2n) is 3.36. The molecule has 2 aromatic rings. The monoisotopic (exact) mass is 347 g/mol. The molecule has 0 saturated heterocycles. The standard InChI is InChI=1S/C11H11ClIN3/c12-9-1-3-11(4-2-9)14-5-6-16-8-10(13)7-15-16/h1-4,7-8,14H,5-6H2. The maximum absolute atomic E-state index is 5.80. The first-order chi connectivity index (χ1) is 7.74. The summed E-state index contributed by atoms with van der Waals surface area (Å²) in [7, 11) is 0. The SMILES string of the molecule is Clc1ccc(NCCn2cc(I)cn2)cc1. The van der Waals surface area contributed by atoms with Crippen molar-refractivity contribution in [3.8, 4) is 0 Å². The van der Waals surface area contributed by atoms with Crippen LogP contribution >= 0.6 is 34.2 Å². The van der Waals surface area contributed by atoms with E-state index in [0.29, 0.717) is 0 Å². The average molecular weight is 348 g/mol. The first-order valence-corrected chi connectivity index (χ1v) is 6.37. The largest absolute Gasteiger partial charge is 0.383 e. The third-order valence-electron chi connectivity index (χ3n) is 2.12. The molecule has 0 aliphatic rings. The van der Waals surface area contributed by atoms with E-state index in [1.165, 1.54) is 0 Å². The highest BCUT2D eigenvalue weighted by Gasteiger charge is 1.95. The van der Waals surface area contributed by atoms with Crippen LogP contribution in [0.4, 0.5) is 5.69 Å². The molecule has 0 unspecified atom stereocenters. The Morgan fingerprint density at radius 1 is 1.31 bits per heavy atom. The number of halogens is 2. The summed E-state index contributed by atoms with van der Waals surface area (Å²) in [6, 6.07) is 7.69. The van der Waals surface area contributed by atoms with Crippen molar-refractivity contribution in [1.29, 1.82) is 0 Å². The van der Waals surface area contributed by atoms with E-state index in [0.717, 1.165) is 27.4 Å². The van der Waals surface area contributed by atoms with Gasteiger partial charge in [0.2, 0.25) is 0 Å². The lowest BCUT2D eigenvalue weighted by Gasteiger charge is -2.06. The molecule has 16 heavy (non-hydrogen) atoms. The number of hydrogen-bond donors (Lipinski definition) is 1. The zero-order chi connectivity index (χ0) is 11.4. The van der Waals surface area contributed by atoms with Crippen LogP contribution in [-0.4, -0.2) is 16.3 Å². The highest BCUT2D eigenvalue weighted by molar-refractivity contribution is 14.1. The maximum Gasteiger partial charge on any atom is 0.0623 e. The Labute approximate surface area is 113 Å². The summed E-state index contributed by atoms with van der Waals surface area (Å²) in [5.74, 6) is 0. The van der Waals surface area contributed by atoms with E-state index in [-0.39, 0.29) is 0 Å². The number of aromatic nitrogens is 2. The molecular formula is C11H11ClIN3. The number of hydrogen-bond acceptors (Lipinski definition) is 2. The topological polar surface area (TPSA) is 29.9 Å². The van der Waals surface area contributed by atoms with Crippen molar-refractivity contribution >= 4 is 39.9 Å². The number of nitrogens with zero attached hydrogens (tertiary/aromatic N) is 2. The summed E-state index contributed by atoms with van der Waals surface area (Å²) in [4.78, 5) is 0. The minimum Gasteiger partial charge on any atom is -0.383 e. The molecule has 0 aliphatic heterocycles. The van der Waals surface area contributed by atoms with Crippen LogP contribution in [-0.2, 0) is 6.54 Å². The molecule has 0 amide bonds. The van der Waals surface area contributed by atoms with Crippen LogP contribution in [0.15, 0.2) is 36.7 Å². The lowest BCUT2D eigenvalue weighted by molar-refractivity contribution is 0.637.